The molecule has 5 heteroatoms. The molecule has 2 aromatic rings. The first kappa shape index (κ1) is 14.1. The van der Waals surface area contributed by atoms with E-state index in [9.17, 15) is 9.59 Å². The van der Waals surface area contributed by atoms with E-state index >= 15 is 0 Å². The van der Waals surface area contributed by atoms with Crippen LogP contribution in [0.4, 0.5) is 11.4 Å². The Bertz CT molecular complexity index is 683. The summed E-state index contributed by atoms with van der Waals surface area (Å²) in [5.74, 6) is -0.439. The number of benzene rings is 2. The number of Topliss-reactive ketones (excluding diaryl/α,β-unsaturated/α-hetero) is 1. The van der Waals surface area contributed by atoms with Gasteiger partial charge in [-0.05, 0) is 31.2 Å². The Morgan fingerprint density at radius 1 is 1.15 bits per heavy atom. The lowest BCUT2D eigenvalue weighted by atomic mass is 10.1. The van der Waals surface area contributed by atoms with E-state index in [1.165, 1.54) is 6.92 Å². The van der Waals surface area contributed by atoms with Crippen molar-refractivity contribution >= 4 is 34.7 Å². The zero-order chi connectivity index (χ0) is 14.7. The van der Waals surface area contributed by atoms with Crippen LogP contribution in [0.2, 0.25) is 5.02 Å². The lowest BCUT2D eigenvalue weighted by Crippen LogP contribution is -2.13. The zero-order valence-corrected chi connectivity index (χ0v) is 11.6. The van der Waals surface area contributed by atoms with Crippen LogP contribution in [0.15, 0.2) is 42.5 Å². The molecule has 1 amide bonds. The van der Waals surface area contributed by atoms with Gasteiger partial charge in [0.15, 0.2) is 5.78 Å². The van der Waals surface area contributed by atoms with Crippen molar-refractivity contribution in [1.82, 2.24) is 0 Å². The Morgan fingerprint density at radius 3 is 2.55 bits per heavy atom. The van der Waals surface area contributed by atoms with Crippen molar-refractivity contribution in [3.05, 3.63) is 58.6 Å². The Labute approximate surface area is 121 Å². The molecule has 0 atom stereocenters. The van der Waals surface area contributed by atoms with E-state index in [0.717, 1.165) is 0 Å². The third-order valence-electron chi connectivity index (χ3n) is 2.80. The molecule has 3 N–H and O–H groups in total. The minimum absolute atomic E-state index is 0.0666. The van der Waals surface area contributed by atoms with Crippen LogP contribution in [0.25, 0.3) is 0 Å². The van der Waals surface area contributed by atoms with Gasteiger partial charge in [-0.15, -0.1) is 0 Å². The summed E-state index contributed by atoms with van der Waals surface area (Å²) in [5.41, 5.74) is 7.35. The number of hydrogen-bond donors (Lipinski definition) is 2. The Morgan fingerprint density at radius 2 is 1.85 bits per heavy atom. The van der Waals surface area contributed by atoms with Crippen molar-refractivity contribution in [2.75, 3.05) is 11.1 Å². The number of rotatable bonds is 3. The highest BCUT2D eigenvalue weighted by molar-refractivity contribution is 6.36. The van der Waals surface area contributed by atoms with Crippen molar-refractivity contribution in [2.45, 2.75) is 6.92 Å². The molecule has 0 radical (unpaired) electrons. The molecule has 0 unspecified atom stereocenters. The second-order valence-electron chi connectivity index (χ2n) is 4.30. The Balaban J connectivity index is 2.26. The summed E-state index contributed by atoms with van der Waals surface area (Å²) in [6.45, 7) is 1.47. The van der Waals surface area contributed by atoms with Crippen LogP contribution in [0.3, 0.4) is 0 Å². The average Bonchev–Trinajstić information content (AvgIpc) is 2.42. The van der Waals surface area contributed by atoms with Gasteiger partial charge in [0.1, 0.15) is 0 Å². The molecule has 102 valence electrons. The number of carbonyl (C=O) groups is 2. The third kappa shape index (κ3) is 2.97. The molecule has 20 heavy (non-hydrogen) atoms. The fourth-order valence-electron chi connectivity index (χ4n) is 1.74. The first-order valence-electron chi connectivity index (χ1n) is 5.95. The minimum Gasteiger partial charge on any atom is -0.398 e. The number of carbonyl (C=O) groups excluding carboxylic acids is 2. The van der Waals surface area contributed by atoms with E-state index in [1.807, 2.05) is 0 Å². The number of nitrogens with two attached hydrogens (primary N) is 1. The average molecular weight is 289 g/mol. The number of nitrogen functional groups attached to an aromatic ring is 1. The summed E-state index contributed by atoms with van der Waals surface area (Å²) < 4.78 is 0. The van der Waals surface area contributed by atoms with E-state index in [1.54, 1.807) is 42.5 Å². The molecule has 0 aliphatic heterocycles. The molecule has 2 aromatic carbocycles. The van der Waals surface area contributed by atoms with Crippen molar-refractivity contribution in [2.24, 2.45) is 0 Å². The number of amides is 1. The largest absolute Gasteiger partial charge is 0.398 e. The minimum atomic E-state index is -0.372. The monoisotopic (exact) mass is 288 g/mol. The van der Waals surface area contributed by atoms with Crippen molar-refractivity contribution in [3.63, 3.8) is 0 Å². The number of hydrogen-bond acceptors (Lipinski definition) is 3. The number of anilines is 2. The third-order valence-corrected chi connectivity index (χ3v) is 3.22. The second kappa shape index (κ2) is 5.75. The van der Waals surface area contributed by atoms with Gasteiger partial charge in [0.25, 0.3) is 5.91 Å². The molecule has 0 heterocycles. The molecule has 0 saturated heterocycles. The normalized spacial score (nSPS) is 10.1. The summed E-state index contributed by atoms with van der Waals surface area (Å²) in [6.07, 6.45) is 0. The van der Waals surface area contributed by atoms with Crippen LogP contribution in [0.1, 0.15) is 27.6 Å². The smallest absolute Gasteiger partial charge is 0.257 e. The summed E-state index contributed by atoms with van der Waals surface area (Å²) in [5, 5.41) is 2.91. The van der Waals surface area contributed by atoms with Crippen LogP contribution in [-0.4, -0.2) is 11.7 Å². The molecule has 2 rings (SSSR count). The predicted octanol–water partition coefficient (Wildman–Crippen LogP) is 3.38. The van der Waals surface area contributed by atoms with Crippen LogP contribution >= 0.6 is 11.6 Å². The van der Waals surface area contributed by atoms with Crippen LogP contribution in [0.5, 0.6) is 0 Å². The SMILES string of the molecule is CC(=O)c1cccc(NC(=O)c2cccc(N)c2Cl)c1. The number of nitrogens with one attached hydrogen (secondary N) is 1. The molecule has 0 bridgehead atoms. The topological polar surface area (TPSA) is 72.2 Å². The van der Waals surface area contributed by atoms with Crippen molar-refractivity contribution < 1.29 is 9.59 Å². The maximum Gasteiger partial charge on any atom is 0.257 e. The van der Waals surface area contributed by atoms with E-state index < -0.39 is 0 Å². The van der Waals surface area contributed by atoms with Gasteiger partial charge in [0.05, 0.1) is 16.3 Å². The van der Waals surface area contributed by atoms with Gasteiger partial charge >= 0.3 is 0 Å². The van der Waals surface area contributed by atoms with Gasteiger partial charge in [0, 0.05) is 11.3 Å². The second-order valence-corrected chi connectivity index (χ2v) is 4.68. The fourth-order valence-corrected chi connectivity index (χ4v) is 1.95. The summed E-state index contributed by atoms with van der Waals surface area (Å²) in [4.78, 5) is 23.4. The lowest BCUT2D eigenvalue weighted by molar-refractivity contribution is 0.101. The van der Waals surface area contributed by atoms with Gasteiger partial charge in [-0.2, -0.15) is 0 Å². The number of ketones is 1. The highest BCUT2D eigenvalue weighted by Crippen LogP contribution is 2.24. The zero-order valence-electron chi connectivity index (χ0n) is 10.8. The molecule has 4 nitrogen and oxygen atoms in total. The molecule has 0 aromatic heterocycles. The van der Waals surface area contributed by atoms with Crippen molar-refractivity contribution in [3.8, 4) is 0 Å². The summed E-state index contributed by atoms with van der Waals surface area (Å²) >= 11 is 6.00. The Hall–Kier alpha value is -2.33. The first-order chi connectivity index (χ1) is 9.49. The molecule has 0 aliphatic carbocycles. The maximum absolute atomic E-state index is 12.1. The van der Waals surface area contributed by atoms with E-state index in [-0.39, 0.29) is 16.7 Å². The van der Waals surface area contributed by atoms with E-state index in [0.29, 0.717) is 22.5 Å². The van der Waals surface area contributed by atoms with E-state index in [4.69, 9.17) is 17.3 Å². The molecular weight excluding hydrogens is 276 g/mol. The number of halogens is 1. The van der Waals surface area contributed by atoms with Crippen LogP contribution < -0.4 is 11.1 Å². The van der Waals surface area contributed by atoms with Gasteiger partial charge < -0.3 is 11.1 Å². The van der Waals surface area contributed by atoms with Crippen molar-refractivity contribution in [1.29, 1.82) is 0 Å². The van der Waals surface area contributed by atoms with Gasteiger partial charge in [-0.1, -0.05) is 29.8 Å². The lowest BCUT2D eigenvalue weighted by Gasteiger charge is -2.08. The molecule has 0 saturated carbocycles. The highest BCUT2D eigenvalue weighted by atomic mass is 35.5. The van der Waals surface area contributed by atoms with Crippen LogP contribution in [-0.2, 0) is 0 Å². The van der Waals surface area contributed by atoms with Gasteiger partial charge in [0.2, 0.25) is 0 Å². The molecule has 0 fully saturated rings. The van der Waals surface area contributed by atoms with Gasteiger partial charge in [-0.3, -0.25) is 9.59 Å². The summed E-state index contributed by atoms with van der Waals surface area (Å²) in [6, 6.07) is 11.6. The fraction of sp³-hybridized carbons (Fsp3) is 0.0667. The molecule has 0 spiro atoms. The van der Waals surface area contributed by atoms with Gasteiger partial charge in [-0.25, -0.2) is 0 Å². The summed E-state index contributed by atoms with van der Waals surface area (Å²) in [7, 11) is 0. The van der Waals surface area contributed by atoms with E-state index in [2.05, 4.69) is 5.32 Å². The quantitative estimate of drug-likeness (QED) is 0.672. The van der Waals surface area contributed by atoms with Crippen LogP contribution in [0, 0.1) is 0 Å². The highest BCUT2D eigenvalue weighted by Gasteiger charge is 2.12. The molecule has 0 aliphatic rings. The molecular formula is C15H13ClN2O2. The predicted molar refractivity (Wildman–Crippen MR) is 80.3 cm³/mol. The maximum atomic E-state index is 12.1. The first-order valence-corrected chi connectivity index (χ1v) is 6.33. The Kier molecular flexibility index (Phi) is 4.05. The standard InChI is InChI=1S/C15H13ClN2O2/c1-9(19)10-4-2-5-11(8-10)18-15(20)12-6-3-7-13(17)14(12)16/h2-8H,17H2,1H3,(H,18,20).